The maximum atomic E-state index is 6.13. The first-order valence-corrected chi connectivity index (χ1v) is 6.20. The Kier molecular flexibility index (Phi) is 7.95. The van der Waals surface area contributed by atoms with Gasteiger partial charge in [0.05, 0.1) is 5.02 Å². The van der Waals surface area contributed by atoms with Crippen molar-refractivity contribution in [1.29, 1.82) is 0 Å². The van der Waals surface area contributed by atoms with Crippen LogP contribution in [0.4, 0.5) is 5.82 Å². The summed E-state index contributed by atoms with van der Waals surface area (Å²) in [6, 6.07) is 4.11. The van der Waals surface area contributed by atoms with Gasteiger partial charge in [-0.1, -0.05) is 24.9 Å². The summed E-state index contributed by atoms with van der Waals surface area (Å²) < 4.78 is 0. The molecule has 0 saturated carbocycles. The molecule has 0 aliphatic carbocycles. The Hall–Kier alpha value is -0.220. The largest absolute Gasteiger partial charge is 0.355 e. The van der Waals surface area contributed by atoms with Crippen molar-refractivity contribution in [1.82, 2.24) is 4.98 Å². The lowest BCUT2D eigenvalue weighted by Crippen LogP contribution is -2.29. The van der Waals surface area contributed by atoms with Crippen LogP contribution in [0.5, 0.6) is 0 Å². The zero-order valence-electron chi connectivity index (χ0n) is 10.4. The van der Waals surface area contributed by atoms with Gasteiger partial charge < -0.3 is 10.6 Å². The molecule has 1 fully saturated rings. The normalized spacial score (nSPS) is 22.3. The van der Waals surface area contributed by atoms with Crippen molar-refractivity contribution < 1.29 is 0 Å². The van der Waals surface area contributed by atoms with E-state index in [0.29, 0.717) is 10.9 Å². The number of aromatic nitrogens is 1. The smallest absolute Gasteiger partial charge is 0.128 e. The van der Waals surface area contributed by atoms with E-state index in [0.717, 1.165) is 18.9 Å². The molecular weight excluding hydrogens is 293 g/mol. The summed E-state index contributed by atoms with van der Waals surface area (Å²) in [5.41, 5.74) is 6.13. The lowest BCUT2D eigenvalue weighted by Gasteiger charge is -2.16. The van der Waals surface area contributed by atoms with E-state index >= 15 is 0 Å². The summed E-state index contributed by atoms with van der Waals surface area (Å²) in [5.74, 6) is 1.58. The summed E-state index contributed by atoms with van der Waals surface area (Å²) in [4.78, 5) is 6.58. The molecule has 6 heteroatoms. The van der Waals surface area contributed by atoms with Crippen LogP contribution in [0.15, 0.2) is 18.3 Å². The van der Waals surface area contributed by atoms with Crippen LogP contribution >= 0.6 is 36.4 Å². The Labute approximate surface area is 126 Å². The molecule has 0 amide bonds. The Morgan fingerprint density at radius 1 is 1.39 bits per heavy atom. The van der Waals surface area contributed by atoms with Gasteiger partial charge in [0.2, 0.25) is 0 Å². The highest BCUT2D eigenvalue weighted by Crippen LogP contribution is 2.25. The third-order valence-corrected chi connectivity index (χ3v) is 3.41. The molecule has 1 aliphatic rings. The van der Waals surface area contributed by atoms with E-state index in [1.807, 2.05) is 12.1 Å². The number of anilines is 1. The molecule has 0 unspecified atom stereocenters. The van der Waals surface area contributed by atoms with Crippen molar-refractivity contribution >= 4 is 42.2 Å². The predicted molar refractivity (Wildman–Crippen MR) is 82.3 cm³/mol. The third-order valence-electron chi connectivity index (χ3n) is 3.19. The highest BCUT2D eigenvalue weighted by atomic mass is 35.5. The Bertz CT molecular complexity index is 345. The number of rotatable bonds is 3. The highest BCUT2D eigenvalue weighted by molar-refractivity contribution is 6.30. The number of nitrogens with two attached hydrogens (primary N) is 1. The zero-order valence-corrected chi connectivity index (χ0v) is 12.8. The molecule has 1 aliphatic heterocycles. The monoisotopic (exact) mass is 311 g/mol. The number of halogens is 3. The van der Waals surface area contributed by atoms with Gasteiger partial charge in [0, 0.05) is 25.3 Å². The maximum Gasteiger partial charge on any atom is 0.128 e. The molecule has 2 rings (SSSR count). The molecule has 18 heavy (non-hydrogen) atoms. The third kappa shape index (κ3) is 4.16. The number of nitrogens with zero attached hydrogens (tertiary/aromatic N) is 2. The molecule has 0 radical (unpaired) electrons. The quantitative estimate of drug-likeness (QED) is 0.932. The summed E-state index contributed by atoms with van der Waals surface area (Å²) in [7, 11) is 0. The van der Waals surface area contributed by atoms with Crippen LogP contribution < -0.4 is 10.6 Å². The molecule has 2 atom stereocenters. The van der Waals surface area contributed by atoms with Crippen molar-refractivity contribution in [3.05, 3.63) is 23.4 Å². The van der Waals surface area contributed by atoms with Crippen molar-refractivity contribution in [2.75, 3.05) is 18.0 Å². The molecule has 3 nitrogen and oxygen atoms in total. The van der Waals surface area contributed by atoms with Crippen LogP contribution in [0.1, 0.15) is 19.8 Å². The van der Waals surface area contributed by atoms with Crippen molar-refractivity contribution in [2.45, 2.75) is 25.8 Å². The van der Waals surface area contributed by atoms with Gasteiger partial charge in [-0.15, -0.1) is 24.8 Å². The summed E-state index contributed by atoms with van der Waals surface area (Å²) in [6.45, 7) is 4.12. The van der Waals surface area contributed by atoms with E-state index in [1.54, 1.807) is 6.20 Å². The molecule has 1 saturated heterocycles. The van der Waals surface area contributed by atoms with E-state index in [4.69, 9.17) is 17.3 Å². The molecule has 0 spiro atoms. The van der Waals surface area contributed by atoms with Gasteiger partial charge in [0.25, 0.3) is 0 Å². The van der Waals surface area contributed by atoms with Crippen LogP contribution in [-0.4, -0.2) is 24.1 Å². The van der Waals surface area contributed by atoms with E-state index in [9.17, 15) is 0 Å². The number of hydrogen-bond donors (Lipinski definition) is 1. The van der Waals surface area contributed by atoms with Gasteiger partial charge in [0.15, 0.2) is 0 Å². The van der Waals surface area contributed by atoms with E-state index in [-0.39, 0.29) is 30.9 Å². The molecule has 2 N–H and O–H groups in total. The number of pyridine rings is 1. The minimum Gasteiger partial charge on any atom is -0.355 e. The van der Waals surface area contributed by atoms with Gasteiger partial charge in [-0.3, -0.25) is 0 Å². The van der Waals surface area contributed by atoms with Crippen molar-refractivity contribution in [3.8, 4) is 0 Å². The van der Waals surface area contributed by atoms with Crippen LogP contribution in [0.2, 0.25) is 5.02 Å². The fourth-order valence-corrected chi connectivity index (χ4v) is 2.43. The van der Waals surface area contributed by atoms with Gasteiger partial charge in [-0.25, -0.2) is 4.98 Å². The van der Waals surface area contributed by atoms with Gasteiger partial charge >= 0.3 is 0 Å². The topological polar surface area (TPSA) is 42.2 Å². The van der Waals surface area contributed by atoms with E-state index in [1.165, 1.54) is 12.8 Å². The van der Waals surface area contributed by atoms with Crippen LogP contribution in [0, 0.1) is 5.92 Å². The highest BCUT2D eigenvalue weighted by Gasteiger charge is 2.29. The first-order chi connectivity index (χ1) is 7.70. The SMILES string of the molecule is CCC[C@H]1CN(c2ccc(Cl)cn2)C[C@@H]1N.Cl.Cl. The standard InChI is InChI=1S/C12H18ClN3.2ClH/c1-2-3-9-7-16(8-11(9)14)12-5-4-10(13)6-15-12;;/h4-6,9,11H,2-3,7-8,14H2,1H3;2*1H/t9-,11-;;/m0../s1. The summed E-state index contributed by atoms with van der Waals surface area (Å²) >= 11 is 5.82. The lowest BCUT2D eigenvalue weighted by atomic mass is 9.99. The maximum absolute atomic E-state index is 6.13. The molecule has 2 heterocycles. The van der Waals surface area contributed by atoms with Crippen LogP contribution in [-0.2, 0) is 0 Å². The Balaban J connectivity index is 0.00000144. The Morgan fingerprint density at radius 3 is 2.67 bits per heavy atom. The second kappa shape index (κ2) is 8.05. The van der Waals surface area contributed by atoms with Gasteiger partial charge in [-0.05, 0) is 24.5 Å². The van der Waals surface area contributed by atoms with Crippen LogP contribution in [0.3, 0.4) is 0 Å². The van der Waals surface area contributed by atoms with Crippen molar-refractivity contribution in [2.24, 2.45) is 11.7 Å². The average Bonchev–Trinajstić information content (AvgIpc) is 2.62. The molecule has 1 aromatic rings. The van der Waals surface area contributed by atoms with Gasteiger partial charge in [-0.2, -0.15) is 0 Å². The Morgan fingerprint density at radius 2 is 2.11 bits per heavy atom. The molecule has 0 aromatic carbocycles. The molecule has 104 valence electrons. The van der Waals surface area contributed by atoms with E-state index < -0.39 is 0 Å². The summed E-state index contributed by atoms with van der Waals surface area (Å²) in [6.07, 6.45) is 4.08. The second-order valence-corrected chi connectivity index (χ2v) is 4.89. The minimum atomic E-state index is 0. The second-order valence-electron chi connectivity index (χ2n) is 4.45. The minimum absolute atomic E-state index is 0. The summed E-state index contributed by atoms with van der Waals surface area (Å²) in [5, 5.41) is 0.678. The average molecular weight is 313 g/mol. The first kappa shape index (κ1) is 17.8. The molecule has 0 bridgehead atoms. The zero-order chi connectivity index (χ0) is 11.5. The number of hydrogen-bond acceptors (Lipinski definition) is 3. The lowest BCUT2D eigenvalue weighted by molar-refractivity contribution is 0.472. The van der Waals surface area contributed by atoms with E-state index in [2.05, 4.69) is 16.8 Å². The first-order valence-electron chi connectivity index (χ1n) is 5.82. The fraction of sp³-hybridized carbons (Fsp3) is 0.583. The van der Waals surface area contributed by atoms with Crippen LogP contribution in [0.25, 0.3) is 0 Å². The fourth-order valence-electron chi connectivity index (χ4n) is 2.31. The predicted octanol–water partition coefficient (Wildman–Crippen LogP) is 3.14. The molecule has 1 aromatic heterocycles. The van der Waals surface area contributed by atoms with Gasteiger partial charge in [0.1, 0.15) is 5.82 Å². The molecular formula is C12H20Cl3N3. The van der Waals surface area contributed by atoms with Crippen molar-refractivity contribution in [3.63, 3.8) is 0 Å².